The Kier molecular flexibility index (Phi) is 10.1. The highest BCUT2D eigenvalue weighted by molar-refractivity contribution is 5.78. The van der Waals surface area contributed by atoms with E-state index >= 15 is 0 Å². The van der Waals surface area contributed by atoms with Crippen LogP contribution in [0.5, 0.6) is 0 Å². The highest BCUT2D eigenvalue weighted by Crippen LogP contribution is 2.21. The summed E-state index contributed by atoms with van der Waals surface area (Å²) in [5, 5.41) is 22.3. The van der Waals surface area contributed by atoms with Gasteiger partial charge in [-0.05, 0) is 19.8 Å². The molecule has 0 spiro atoms. The molecule has 10 heteroatoms. The van der Waals surface area contributed by atoms with Gasteiger partial charge in [0.05, 0.1) is 0 Å². The van der Waals surface area contributed by atoms with Crippen molar-refractivity contribution < 1.29 is 19.8 Å². The van der Waals surface area contributed by atoms with Gasteiger partial charge in [0.15, 0.2) is 0 Å². The quantitative estimate of drug-likeness (QED) is 0.420. The van der Waals surface area contributed by atoms with E-state index in [2.05, 4.69) is 20.3 Å². The Morgan fingerprint density at radius 2 is 1.28 bits per heavy atom. The molecule has 10 nitrogen and oxygen atoms in total. The summed E-state index contributed by atoms with van der Waals surface area (Å²) in [6.07, 6.45) is 4.20. The Morgan fingerprint density at radius 1 is 0.862 bits per heavy atom. The molecule has 2 unspecified atom stereocenters. The standard InChI is InChI=1S/C19H34N6O4/c1-6-9-11-13(15(26)27)24(4)18-21-17(20-8-3)22-19(23-18)25(5)14(16(28)29)12-10-7-2/h13-14H,6-12H2,1-5H3,(H,26,27)(H,28,29)(H,20,21,22,23). The molecule has 2 atom stereocenters. The Morgan fingerprint density at radius 3 is 1.59 bits per heavy atom. The summed E-state index contributed by atoms with van der Waals surface area (Å²) in [5.41, 5.74) is 0. The first-order valence-electron chi connectivity index (χ1n) is 10.2. The minimum atomic E-state index is -0.951. The normalized spacial score (nSPS) is 12.9. The molecule has 29 heavy (non-hydrogen) atoms. The van der Waals surface area contributed by atoms with Crippen molar-refractivity contribution in [1.29, 1.82) is 0 Å². The van der Waals surface area contributed by atoms with E-state index in [1.807, 2.05) is 20.8 Å². The number of carbonyl (C=O) groups is 2. The van der Waals surface area contributed by atoms with Crippen molar-refractivity contribution in [3.8, 4) is 0 Å². The molecule has 0 saturated carbocycles. The van der Waals surface area contributed by atoms with Crippen molar-refractivity contribution in [3.63, 3.8) is 0 Å². The lowest BCUT2D eigenvalue weighted by Crippen LogP contribution is -2.42. The molecular formula is C19H34N6O4. The van der Waals surface area contributed by atoms with Crippen LogP contribution in [-0.2, 0) is 9.59 Å². The molecule has 0 fully saturated rings. The lowest BCUT2D eigenvalue weighted by Gasteiger charge is -2.28. The Balaban J connectivity index is 3.30. The van der Waals surface area contributed by atoms with Crippen molar-refractivity contribution in [2.45, 2.75) is 71.4 Å². The molecule has 0 aliphatic rings. The number of carboxylic acid groups (broad SMARTS) is 2. The van der Waals surface area contributed by atoms with Gasteiger partial charge in [-0.1, -0.05) is 39.5 Å². The SMILES string of the molecule is CCCCC(C(=O)O)N(C)c1nc(NCC)nc(N(C)C(CCCC)C(=O)O)n1. The summed E-state index contributed by atoms with van der Waals surface area (Å²) in [7, 11) is 3.27. The van der Waals surface area contributed by atoms with Crippen molar-refractivity contribution in [2.75, 3.05) is 35.8 Å². The molecule has 1 heterocycles. The van der Waals surface area contributed by atoms with Crippen LogP contribution in [0.4, 0.5) is 17.8 Å². The highest BCUT2D eigenvalue weighted by atomic mass is 16.4. The van der Waals surface area contributed by atoms with Gasteiger partial charge in [-0.15, -0.1) is 0 Å². The molecule has 3 N–H and O–H groups in total. The Hall–Kier alpha value is -2.65. The van der Waals surface area contributed by atoms with E-state index in [0.29, 0.717) is 19.4 Å². The van der Waals surface area contributed by atoms with Crippen LogP contribution in [-0.4, -0.2) is 69.8 Å². The molecule has 0 saturated heterocycles. The Bertz CT molecular complexity index is 622. The van der Waals surface area contributed by atoms with Gasteiger partial charge in [0.25, 0.3) is 0 Å². The lowest BCUT2D eigenvalue weighted by molar-refractivity contribution is -0.139. The average molecular weight is 411 g/mol. The van der Waals surface area contributed by atoms with Crippen LogP contribution in [0.2, 0.25) is 0 Å². The molecule has 0 amide bonds. The van der Waals surface area contributed by atoms with Crippen LogP contribution in [0.1, 0.15) is 59.3 Å². The predicted octanol–water partition coefficient (Wildman–Crippen LogP) is 2.46. The molecule has 1 aromatic rings. The van der Waals surface area contributed by atoms with E-state index in [4.69, 9.17) is 0 Å². The molecule has 1 rings (SSSR count). The van der Waals surface area contributed by atoms with Crippen LogP contribution in [0.25, 0.3) is 0 Å². The number of aromatic nitrogens is 3. The van der Waals surface area contributed by atoms with Gasteiger partial charge in [-0.3, -0.25) is 0 Å². The van der Waals surface area contributed by atoms with Gasteiger partial charge in [-0.25, -0.2) is 9.59 Å². The maximum absolute atomic E-state index is 11.7. The second-order valence-corrected chi connectivity index (χ2v) is 7.00. The van der Waals surface area contributed by atoms with E-state index in [-0.39, 0.29) is 17.8 Å². The molecule has 0 aliphatic heterocycles. The van der Waals surface area contributed by atoms with Crippen LogP contribution in [0.3, 0.4) is 0 Å². The number of anilines is 3. The molecule has 1 aromatic heterocycles. The van der Waals surface area contributed by atoms with Crippen molar-refractivity contribution in [1.82, 2.24) is 15.0 Å². The number of hydrogen-bond acceptors (Lipinski definition) is 8. The second kappa shape index (κ2) is 12.0. The number of unbranched alkanes of at least 4 members (excludes halogenated alkanes) is 2. The van der Waals surface area contributed by atoms with Gasteiger partial charge in [-0.2, -0.15) is 15.0 Å². The number of aliphatic carboxylic acids is 2. The number of likely N-dealkylation sites (N-methyl/N-ethyl adjacent to an activating group) is 2. The maximum atomic E-state index is 11.7. The largest absolute Gasteiger partial charge is 0.480 e. The van der Waals surface area contributed by atoms with Crippen LogP contribution in [0, 0.1) is 0 Å². The summed E-state index contributed by atoms with van der Waals surface area (Å²) >= 11 is 0. The molecular weight excluding hydrogens is 376 g/mol. The number of hydrogen-bond donors (Lipinski definition) is 3. The maximum Gasteiger partial charge on any atom is 0.326 e. The van der Waals surface area contributed by atoms with Gasteiger partial charge >= 0.3 is 11.9 Å². The van der Waals surface area contributed by atoms with Gasteiger partial charge in [0.2, 0.25) is 17.8 Å². The second-order valence-electron chi connectivity index (χ2n) is 7.00. The van der Waals surface area contributed by atoms with Crippen LogP contribution >= 0.6 is 0 Å². The zero-order chi connectivity index (χ0) is 22.0. The molecule has 0 aliphatic carbocycles. The average Bonchev–Trinajstić information content (AvgIpc) is 2.67. The smallest absolute Gasteiger partial charge is 0.326 e. The number of nitrogens with one attached hydrogen (secondary N) is 1. The summed E-state index contributed by atoms with van der Waals surface area (Å²) in [6.45, 7) is 6.45. The molecule has 0 bridgehead atoms. The third-order valence-corrected chi connectivity index (χ3v) is 4.75. The minimum Gasteiger partial charge on any atom is -0.480 e. The third kappa shape index (κ3) is 7.03. The number of rotatable bonds is 14. The van der Waals surface area contributed by atoms with E-state index < -0.39 is 24.0 Å². The summed E-state index contributed by atoms with van der Waals surface area (Å²) in [5.74, 6) is -1.23. The van der Waals surface area contributed by atoms with Crippen LogP contribution < -0.4 is 15.1 Å². The topological polar surface area (TPSA) is 132 Å². The van der Waals surface area contributed by atoms with Gasteiger partial charge < -0.3 is 25.3 Å². The van der Waals surface area contributed by atoms with Crippen LogP contribution in [0.15, 0.2) is 0 Å². The summed E-state index contributed by atoms with van der Waals surface area (Å²) < 4.78 is 0. The first kappa shape index (κ1) is 24.4. The first-order valence-corrected chi connectivity index (χ1v) is 10.2. The molecule has 164 valence electrons. The fourth-order valence-corrected chi connectivity index (χ4v) is 2.95. The third-order valence-electron chi connectivity index (χ3n) is 4.75. The zero-order valence-electron chi connectivity index (χ0n) is 18.1. The minimum absolute atomic E-state index is 0.195. The molecule has 0 radical (unpaired) electrons. The fourth-order valence-electron chi connectivity index (χ4n) is 2.95. The first-order chi connectivity index (χ1) is 13.8. The highest BCUT2D eigenvalue weighted by Gasteiger charge is 2.28. The summed E-state index contributed by atoms with van der Waals surface area (Å²) in [6, 6.07) is -1.55. The zero-order valence-corrected chi connectivity index (χ0v) is 18.1. The number of nitrogens with zero attached hydrogens (tertiary/aromatic N) is 5. The fraction of sp³-hybridized carbons (Fsp3) is 0.737. The van der Waals surface area contributed by atoms with E-state index in [1.54, 1.807) is 14.1 Å². The van der Waals surface area contributed by atoms with E-state index in [9.17, 15) is 19.8 Å². The van der Waals surface area contributed by atoms with Crippen molar-refractivity contribution in [3.05, 3.63) is 0 Å². The number of carboxylic acids is 2. The predicted molar refractivity (Wildman–Crippen MR) is 113 cm³/mol. The van der Waals surface area contributed by atoms with E-state index in [1.165, 1.54) is 9.80 Å². The van der Waals surface area contributed by atoms with Gasteiger partial charge in [0.1, 0.15) is 12.1 Å². The summed E-state index contributed by atoms with van der Waals surface area (Å²) in [4.78, 5) is 39.6. The monoisotopic (exact) mass is 410 g/mol. The molecule has 0 aromatic carbocycles. The Labute approximate surface area is 172 Å². The van der Waals surface area contributed by atoms with Gasteiger partial charge in [0, 0.05) is 20.6 Å². The van der Waals surface area contributed by atoms with Crippen molar-refractivity contribution in [2.24, 2.45) is 0 Å². The van der Waals surface area contributed by atoms with E-state index in [0.717, 1.165) is 25.7 Å². The van der Waals surface area contributed by atoms with Crippen molar-refractivity contribution >= 4 is 29.8 Å². The lowest BCUT2D eigenvalue weighted by atomic mass is 10.1.